The van der Waals surface area contributed by atoms with E-state index < -0.39 is 54.4 Å². The third-order valence-corrected chi connectivity index (χ3v) is 8.13. The first-order valence-electron chi connectivity index (χ1n) is 14.0. The van der Waals surface area contributed by atoms with Crippen LogP contribution in [0, 0.1) is 0 Å². The number of carbonyl (C=O) groups is 1. The van der Waals surface area contributed by atoms with Crippen LogP contribution in [-0.4, -0.2) is 84.9 Å². The zero-order chi connectivity index (χ0) is 30.3. The van der Waals surface area contributed by atoms with Gasteiger partial charge in [-0.05, 0) is 66.1 Å². The summed E-state index contributed by atoms with van der Waals surface area (Å²) < 4.78 is 10.9. The van der Waals surface area contributed by atoms with Crippen molar-refractivity contribution in [2.24, 2.45) is 0 Å². The number of ether oxygens (including phenoxy) is 2. The second-order valence-corrected chi connectivity index (χ2v) is 11.0. The molecule has 1 aromatic heterocycles. The van der Waals surface area contributed by atoms with Crippen molar-refractivity contribution in [3.05, 3.63) is 74.6 Å². The molecule has 8 atom stereocenters. The van der Waals surface area contributed by atoms with Gasteiger partial charge in [-0.3, -0.25) is 4.79 Å². The Hall–Kier alpha value is -3.36. The minimum Gasteiger partial charge on any atom is -0.479 e. The van der Waals surface area contributed by atoms with Gasteiger partial charge >= 0.3 is 5.97 Å². The van der Waals surface area contributed by atoms with Gasteiger partial charge in [0, 0.05) is 24.0 Å². The van der Waals surface area contributed by atoms with Crippen LogP contribution in [0.5, 0.6) is 5.75 Å². The van der Waals surface area contributed by atoms with Crippen molar-refractivity contribution in [2.75, 3.05) is 6.54 Å². The van der Waals surface area contributed by atoms with Crippen molar-refractivity contribution in [3.8, 4) is 5.75 Å². The maximum Gasteiger partial charge on any atom is 0.335 e. The number of aryl methyl sites for hydroxylation is 1. The van der Waals surface area contributed by atoms with E-state index in [0.29, 0.717) is 10.9 Å². The lowest BCUT2D eigenvalue weighted by Gasteiger charge is -2.38. The van der Waals surface area contributed by atoms with E-state index in [2.05, 4.69) is 29.4 Å². The number of hydrogen-bond donors (Lipinski definition) is 8. The van der Waals surface area contributed by atoms with E-state index >= 15 is 0 Å². The molecule has 1 fully saturated rings. The molecule has 42 heavy (non-hydrogen) atoms. The summed E-state index contributed by atoms with van der Waals surface area (Å²) in [6.45, 7) is 4.04. The predicted octanol–water partition coefficient (Wildman–Crippen LogP) is 0.205. The number of H-pyrrole nitrogens is 1. The second kappa shape index (κ2) is 12.1. The van der Waals surface area contributed by atoms with E-state index in [1.54, 1.807) is 13.0 Å². The maximum absolute atomic E-state index is 12.2. The molecular weight excluding hydrogens is 548 g/mol. The summed E-state index contributed by atoms with van der Waals surface area (Å²) in [5.74, 6) is -1.54. The van der Waals surface area contributed by atoms with Crippen molar-refractivity contribution in [3.63, 3.8) is 0 Å². The quantitative estimate of drug-likeness (QED) is 0.171. The van der Waals surface area contributed by atoms with Gasteiger partial charge in [-0.15, -0.1) is 0 Å². The number of hydrogen-bond acceptors (Lipinski definition) is 10. The molecule has 2 heterocycles. The van der Waals surface area contributed by atoms with Gasteiger partial charge < -0.3 is 50.4 Å². The number of aliphatic hydroxyl groups is 5. The molecule has 226 valence electrons. The molecule has 12 nitrogen and oxygen atoms in total. The molecule has 5 rings (SSSR count). The SMILES string of the molecule is CCc1cc2c(cc1C(C)O)CC(NC[C@H](O)c1ccc(O[C@@H]3O[C@H](C(=O)O)[C@@H](O)[C@H](O)[C@H]3O)c3[nH]c(=O)ccc13)C2. The van der Waals surface area contributed by atoms with Crippen LogP contribution < -0.4 is 15.6 Å². The fourth-order valence-electron chi connectivity index (χ4n) is 5.88. The lowest BCUT2D eigenvalue weighted by Crippen LogP contribution is -2.61. The van der Waals surface area contributed by atoms with Crippen LogP contribution in [0.25, 0.3) is 10.9 Å². The molecule has 0 spiro atoms. The second-order valence-electron chi connectivity index (χ2n) is 11.0. The molecule has 2 aromatic carbocycles. The largest absolute Gasteiger partial charge is 0.479 e. The zero-order valence-corrected chi connectivity index (χ0v) is 23.2. The van der Waals surface area contributed by atoms with Gasteiger partial charge in [0.05, 0.1) is 17.7 Å². The van der Waals surface area contributed by atoms with E-state index in [9.17, 15) is 40.2 Å². The van der Waals surface area contributed by atoms with E-state index in [4.69, 9.17) is 9.47 Å². The third-order valence-electron chi connectivity index (χ3n) is 8.13. The zero-order valence-electron chi connectivity index (χ0n) is 23.2. The topological polar surface area (TPSA) is 202 Å². The number of pyridine rings is 1. The number of benzene rings is 2. The predicted molar refractivity (Wildman–Crippen MR) is 150 cm³/mol. The molecule has 0 amide bonds. The van der Waals surface area contributed by atoms with Crippen LogP contribution in [0.3, 0.4) is 0 Å². The summed E-state index contributed by atoms with van der Waals surface area (Å²) >= 11 is 0. The Morgan fingerprint density at radius 2 is 1.76 bits per heavy atom. The van der Waals surface area contributed by atoms with Gasteiger partial charge in [-0.2, -0.15) is 0 Å². The minimum absolute atomic E-state index is 0.00951. The number of aromatic amines is 1. The highest BCUT2D eigenvalue weighted by molar-refractivity contribution is 5.87. The van der Waals surface area contributed by atoms with Crippen LogP contribution in [0.2, 0.25) is 0 Å². The standard InChI is InChI=1S/C30H36N2O10/c1-3-14-8-15-9-17(10-16(15)11-20(14)13(2)33)31-12-21(34)18-4-6-22(24-19(18)5-7-23(35)32-24)41-30-27(38)25(36)26(37)28(42-30)29(39)40/h4-8,11,13,17,21,25-28,30-31,33-34,36-38H,3,9-10,12H2,1-2H3,(H,32,35)(H,39,40)/t13?,17?,21-,25-,26-,27+,28-,30+/m0/s1. The number of fused-ring (bicyclic) bond motifs is 2. The van der Waals surface area contributed by atoms with Crippen LogP contribution in [0.1, 0.15) is 53.9 Å². The van der Waals surface area contributed by atoms with Crippen LogP contribution in [-0.2, 0) is 28.8 Å². The van der Waals surface area contributed by atoms with E-state index in [-0.39, 0.29) is 23.9 Å². The average Bonchev–Trinajstić information content (AvgIpc) is 3.37. The molecule has 12 heteroatoms. The van der Waals surface area contributed by atoms with Crippen LogP contribution >= 0.6 is 0 Å². The number of carboxylic acid groups (broad SMARTS) is 1. The summed E-state index contributed by atoms with van der Waals surface area (Å²) in [7, 11) is 0. The Balaban J connectivity index is 1.33. The monoisotopic (exact) mass is 584 g/mol. The van der Waals surface area contributed by atoms with E-state index in [0.717, 1.165) is 30.4 Å². The first kappa shape index (κ1) is 30.1. The van der Waals surface area contributed by atoms with E-state index in [1.807, 2.05) is 0 Å². The molecule has 8 N–H and O–H groups in total. The highest BCUT2D eigenvalue weighted by Gasteiger charge is 2.48. The highest BCUT2D eigenvalue weighted by Crippen LogP contribution is 2.33. The summed E-state index contributed by atoms with van der Waals surface area (Å²) in [6.07, 6.45) is -8.16. The Morgan fingerprint density at radius 1 is 1.05 bits per heavy atom. The van der Waals surface area contributed by atoms with Crippen molar-refractivity contribution >= 4 is 16.9 Å². The van der Waals surface area contributed by atoms with Crippen molar-refractivity contribution < 1.29 is 44.9 Å². The third kappa shape index (κ3) is 5.79. The Kier molecular flexibility index (Phi) is 8.67. The number of nitrogens with one attached hydrogen (secondary N) is 2. The summed E-state index contributed by atoms with van der Waals surface area (Å²) in [4.78, 5) is 26.3. The molecule has 1 saturated heterocycles. The number of rotatable bonds is 9. The van der Waals surface area contributed by atoms with Gasteiger partial charge in [-0.1, -0.05) is 25.1 Å². The van der Waals surface area contributed by atoms with E-state index in [1.165, 1.54) is 29.3 Å². The van der Waals surface area contributed by atoms with Crippen molar-refractivity contribution in [1.82, 2.24) is 10.3 Å². The summed E-state index contributed by atoms with van der Waals surface area (Å²) in [6, 6.07) is 10.2. The fraction of sp³-hybridized carbons (Fsp3) is 0.467. The van der Waals surface area contributed by atoms with Crippen LogP contribution in [0.15, 0.2) is 41.2 Å². The maximum atomic E-state index is 12.2. The summed E-state index contributed by atoms with van der Waals surface area (Å²) in [5.41, 5.74) is 4.67. The molecule has 0 saturated carbocycles. The Labute approximate surface area is 241 Å². The molecule has 1 aliphatic heterocycles. The molecule has 3 aromatic rings. The highest BCUT2D eigenvalue weighted by atomic mass is 16.7. The van der Waals surface area contributed by atoms with Gasteiger partial charge in [-0.25, -0.2) is 4.79 Å². The summed E-state index contributed by atoms with van der Waals surface area (Å²) in [5, 5.41) is 65.0. The molecule has 1 aliphatic carbocycles. The molecule has 0 bridgehead atoms. The fourth-order valence-corrected chi connectivity index (χ4v) is 5.88. The molecule has 2 unspecified atom stereocenters. The Bertz CT molecular complexity index is 1520. The lowest BCUT2D eigenvalue weighted by molar-refractivity contribution is -0.270. The molecular formula is C30H36N2O10. The molecule has 2 aliphatic rings. The number of aromatic nitrogens is 1. The van der Waals surface area contributed by atoms with Gasteiger partial charge in [0.25, 0.3) is 0 Å². The Morgan fingerprint density at radius 3 is 2.43 bits per heavy atom. The number of aliphatic hydroxyl groups excluding tert-OH is 5. The minimum atomic E-state index is -1.87. The van der Waals surface area contributed by atoms with Gasteiger partial charge in [0.2, 0.25) is 11.8 Å². The van der Waals surface area contributed by atoms with Gasteiger partial charge in [0.1, 0.15) is 24.1 Å². The van der Waals surface area contributed by atoms with Crippen molar-refractivity contribution in [2.45, 2.75) is 82.1 Å². The average molecular weight is 585 g/mol. The smallest absolute Gasteiger partial charge is 0.335 e. The number of aliphatic carboxylic acids is 1. The number of carboxylic acids is 1. The first-order chi connectivity index (χ1) is 20.0. The first-order valence-corrected chi connectivity index (χ1v) is 14.0. The normalized spacial score (nSPS) is 27.0. The van der Waals surface area contributed by atoms with Crippen LogP contribution in [0.4, 0.5) is 0 Å². The van der Waals surface area contributed by atoms with Crippen molar-refractivity contribution in [1.29, 1.82) is 0 Å². The lowest BCUT2D eigenvalue weighted by atomic mass is 9.95. The van der Waals surface area contributed by atoms with Gasteiger partial charge in [0.15, 0.2) is 6.10 Å². The molecule has 0 radical (unpaired) electrons.